The Labute approximate surface area is 175 Å². The fourth-order valence-electron chi connectivity index (χ4n) is 3.22. The zero-order chi connectivity index (χ0) is 21.1. The van der Waals surface area contributed by atoms with Gasteiger partial charge in [-0.05, 0) is 47.4 Å². The van der Waals surface area contributed by atoms with Crippen molar-refractivity contribution in [2.75, 3.05) is 21.3 Å². The SMILES string of the molecule is COc1cc(Cn2c(S)nnc2-c2ccc(O)c(C(C)C)c2)cc(OC)c1OC. The van der Waals surface area contributed by atoms with Gasteiger partial charge in [-0.1, -0.05) is 13.8 Å². The molecular weight excluding hydrogens is 390 g/mol. The van der Waals surface area contributed by atoms with E-state index in [0.717, 1.165) is 16.7 Å². The molecule has 8 heteroatoms. The van der Waals surface area contributed by atoms with Gasteiger partial charge in [0.25, 0.3) is 0 Å². The molecule has 29 heavy (non-hydrogen) atoms. The lowest BCUT2D eigenvalue weighted by molar-refractivity contribution is 0.323. The zero-order valence-corrected chi connectivity index (χ0v) is 18.0. The summed E-state index contributed by atoms with van der Waals surface area (Å²) in [5.41, 5.74) is 2.62. The van der Waals surface area contributed by atoms with Crippen LogP contribution >= 0.6 is 12.6 Å². The van der Waals surface area contributed by atoms with E-state index in [1.165, 1.54) is 0 Å². The predicted octanol–water partition coefficient (Wildman–Crippen LogP) is 4.14. The molecular formula is C21H25N3O4S. The molecule has 0 aliphatic heterocycles. The smallest absolute Gasteiger partial charge is 0.203 e. The van der Waals surface area contributed by atoms with Gasteiger partial charge in [-0.3, -0.25) is 4.57 Å². The average Bonchev–Trinajstić information content (AvgIpc) is 3.07. The molecule has 7 nitrogen and oxygen atoms in total. The molecule has 0 bridgehead atoms. The normalized spacial score (nSPS) is 11.0. The molecule has 1 heterocycles. The number of aromatic hydroxyl groups is 1. The summed E-state index contributed by atoms with van der Waals surface area (Å²) in [6, 6.07) is 9.21. The highest BCUT2D eigenvalue weighted by atomic mass is 32.1. The quantitative estimate of drug-likeness (QED) is 0.565. The first-order valence-corrected chi connectivity index (χ1v) is 9.58. The minimum absolute atomic E-state index is 0.178. The monoisotopic (exact) mass is 415 g/mol. The minimum Gasteiger partial charge on any atom is -0.508 e. The van der Waals surface area contributed by atoms with Gasteiger partial charge in [0.15, 0.2) is 22.5 Å². The molecule has 3 rings (SSSR count). The summed E-state index contributed by atoms with van der Waals surface area (Å²) in [5, 5.41) is 19.0. The number of benzene rings is 2. The summed E-state index contributed by atoms with van der Waals surface area (Å²) >= 11 is 4.48. The van der Waals surface area contributed by atoms with Crippen LogP contribution in [-0.4, -0.2) is 41.2 Å². The third-order valence-electron chi connectivity index (χ3n) is 4.70. The van der Waals surface area contributed by atoms with Gasteiger partial charge in [0.2, 0.25) is 5.75 Å². The highest BCUT2D eigenvalue weighted by Gasteiger charge is 2.18. The van der Waals surface area contributed by atoms with Gasteiger partial charge in [0, 0.05) is 5.56 Å². The molecule has 2 aromatic carbocycles. The van der Waals surface area contributed by atoms with Gasteiger partial charge in [-0.25, -0.2) is 0 Å². The Balaban J connectivity index is 2.05. The van der Waals surface area contributed by atoms with Crippen LogP contribution in [0.5, 0.6) is 23.0 Å². The molecule has 154 valence electrons. The number of nitrogens with zero attached hydrogens (tertiary/aromatic N) is 3. The standard InChI is InChI=1S/C21H25N3O4S/c1-12(2)15-10-14(6-7-16(15)25)20-22-23-21(29)24(20)11-13-8-17(26-3)19(28-5)18(9-13)27-4/h6-10,12,25H,11H2,1-5H3,(H,23,29). The molecule has 0 aliphatic carbocycles. The third kappa shape index (κ3) is 4.12. The maximum absolute atomic E-state index is 10.1. The summed E-state index contributed by atoms with van der Waals surface area (Å²) in [7, 11) is 4.74. The maximum Gasteiger partial charge on any atom is 0.203 e. The Kier molecular flexibility index (Phi) is 6.22. The number of rotatable bonds is 7. The Morgan fingerprint density at radius 1 is 1.00 bits per heavy atom. The van der Waals surface area contributed by atoms with Gasteiger partial charge in [0.05, 0.1) is 27.9 Å². The number of ether oxygens (including phenoxy) is 3. The predicted molar refractivity (Wildman–Crippen MR) is 114 cm³/mol. The van der Waals surface area contributed by atoms with Crippen molar-refractivity contribution >= 4 is 12.6 Å². The summed E-state index contributed by atoms with van der Waals surface area (Å²) in [4.78, 5) is 0. The van der Waals surface area contributed by atoms with Gasteiger partial charge in [-0.15, -0.1) is 22.8 Å². The van der Waals surface area contributed by atoms with E-state index in [1.807, 2.05) is 42.7 Å². The summed E-state index contributed by atoms with van der Waals surface area (Å²) in [5.74, 6) is 2.79. The number of phenols is 1. The highest BCUT2D eigenvalue weighted by Crippen LogP contribution is 2.39. The molecule has 0 atom stereocenters. The first-order chi connectivity index (χ1) is 13.9. The maximum atomic E-state index is 10.1. The van der Waals surface area contributed by atoms with Crippen LogP contribution in [-0.2, 0) is 6.54 Å². The summed E-state index contributed by atoms with van der Waals surface area (Å²) < 4.78 is 18.2. The van der Waals surface area contributed by atoms with E-state index in [-0.39, 0.29) is 11.7 Å². The lowest BCUT2D eigenvalue weighted by Crippen LogP contribution is -2.05. The second-order valence-corrected chi connectivity index (χ2v) is 7.27. The Morgan fingerprint density at radius 2 is 1.66 bits per heavy atom. The topological polar surface area (TPSA) is 78.6 Å². The number of phenolic OH excluding ortho intramolecular Hbond substituents is 1. The van der Waals surface area contributed by atoms with Crippen LogP contribution in [0.15, 0.2) is 35.5 Å². The van der Waals surface area contributed by atoms with E-state index in [4.69, 9.17) is 14.2 Å². The van der Waals surface area contributed by atoms with Crippen molar-refractivity contribution in [3.63, 3.8) is 0 Å². The Morgan fingerprint density at radius 3 is 2.21 bits per heavy atom. The van der Waals surface area contributed by atoms with Crippen molar-refractivity contribution in [3.8, 4) is 34.4 Å². The largest absolute Gasteiger partial charge is 0.508 e. The van der Waals surface area contributed by atoms with Crippen LogP contribution in [0.4, 0.5) is 0 Å². The number of aromatic nitrogens is 3. The van der Waals surface area contributed by atoms with E-state index in [2.05, 4.69) is 22.8 Å². The first kappa shape index (κ1) is 20.9. The van der Waals surface area contributed by atoms with Crippen molar-refractivity contribution in [1.29, 1.82) is 0 Å². The first-order valence-electron chi connectivity index (χ1n) is 9.13. The van der Waals surface area contributed by atoms with E-state index in [1.54, 1.807) is 27.4 Å². The molecule has 1 N–H and O–H groups in total. The molecule has 0 radical (unpaired) electrons. The van der Waals surface area contributed by atoms with Crippen molar-refractivity contribution in [2.24, 2.45) is 0 Å². The van der Waals surface area contributed by atoms with Gasteiger partial charge in [0.1, 0.15) is 5.75 Å². The van der Waals surface area contributed by atoms with E-state index in [0.29, 0.717) is 34.8 Å². The number of hydrogen-bond donors (Lipinski definition) is 2. The average molecular weight is 416 g/mol. The van der Waals surface area contributed by atoms with E-state index in [9.17, 15) is 5.11 Å². The lowest BCUT2D eigenvalue weighted by atomic mass is 9.99. The van der Waals surface area contributed by atoms with Crippen LogP contribution in [0.1, 0.15) is 30.9 Å². The van der Waals surface area contributed by atoms with Crippen molar-refractivity contribution < 1.29 is 19.3 Å². The second-order valence-electron chi connectivity index (χ2n) is 6.87. The molecule has 0 fully saturated rings. The van der Waals surface area contributed by atoms with Crippen LogP contribution in [0.2, 0.25) is 0 Å². The minimum atomic E-state index is 0.178. The molecule has 3 aromatic rings. The second kappa shape index (κ2) is 8.65. The third-order valence-corrected chi connectivity index (χ3v) is 5.04. The van der Waals surface area contributed by atoms with Gasteiger partial charge in [-0.2, -0.15) is 0 Å². The number of thiol groups is 1. The molecule has 1 aromatic heterocycles. The zero-order valence-electron chi connectivity index (χ0n) is 17.1. The van der Waals surface area contributed by atoms with Crippen molar-refractivity contribution in [2.45, 2.75) is 31.5 Å². The van der Waals surface area contributed by atoms with Gasteiger partial charge < -0.3 is 19.3 Å². The fraction of sp³-hybridized carbons (Fsp3) is 0.333. The van der Waals surface area contributed by atoms with Crippen molar-refractivity contribution in [3.05, 3.63) is 41.5 Å². The molecule has 0 saturated heterocycles. The molecule has 0 aliphatic rings. The van der Waals surface area contributed by atoms with Crippen LogP contribution in [0.3, 0.4) is 0 Å². The van der Waals surface area contributed by atoms with Crippen LogP contribution in [0.25, 0.3) is 11.4 Å². The Hall–Kier alpha value is -2.87. The number of methoxy groups -OCH3 is 3. The molecule has 0 saturated carbocycles. The fourth-order valence-corrected chi connectivity index (χ4v) is 3.43. The highest BCUT2D eigenvalue weighted by molar-refractivity contribution is 7.80. The molecule has 0 spiro atoms. The summed E-state index contributed by atoms with van der Waals surface area (Å²) in [6.45, 7) is 4.52. The molecule has 0 amide bonds. The molecule has 0 unspecified atom stereocenters. The van der Waals surface area contributed by atoms with Crippen molar-refractivity contribution in [1.82, 2.24) is 14.8 Å². The van der Waals surface area contributed by atoms with E-state index >= 15 is 0 Å². The van der Waals surface area contributed by atoms with Gasteiger partial charge >= 0.3 is 0 Å². The number of hydrogen-bond acceptors (Lipinski definition) is 7. The van der Waals surface area contributed by atoms with E-state index < -0.39 is 0 Å². The Bertz CT molecular complexity index is 992. The van der Waals surface area contributed by atoms with Crippen LogP contribution < -0.4 is 14.2 Å². The van der Waals surface area contributed by atoms with Crippen LogP contribution in [0, 0.1) is 0 Å². The summed E-state index contributed by atoms with van der Waals surface area (Å²) in [6.07, 6.45) is 0. The lowest BCUT2D eigenvalue weighted by Gasteiger charge is -2.16.